The van der Waals surface area contributed by atoms with Crippen molar-refractivity contribution in [2.24, 2.45) is 0 Å². The molecule has 0 spiro atoms. The number of likely N-dealkylation sites (N-methyl/N-ethyl adjacent to an activating group) is 1. The summed E-state index contributed by atoms with van der Waals surface area (Å²) in [5, 5.41) is 3.04. The number of hydrogen-bond acceptors (Lipinski definition) is 6. The van der Waals surface area contributed by atoms with Gasteiger partial charge in [0.25, 0.3) is 0 Å². The lowest BCUT2D eigenvalue weighted by molar-refractivity contribution is -0.870. The van der Waals surface area contributed by atoms with Gasteiger partial charge >= 0.3 is 13.8 Å². The fraction of sp³-hybridized carbons (Fsp3) is 0.701. The molecule has 3 atom stereocenters. The van der Waals surface area contributed by atoms with Crippen molar-refractivity contribution in [2.45, 2.75) is 264 Å². The van der Waals surface area contributed by atoms with E-state index in [9.17, 15) is 19.0 Å². The Labute approximate surface area is 474 Å². The topological polar surface area (TPSA) is 111 Å². The maximum absolute atomic E-state index is 13.5. The van der Waals surface area contributed by atoms with Crippen LogP contribution in [-0.2, 0) is 27.9 Å². The first kappa shape index (κ1) is 73.7. The average molecular weight is 1090 g/mol. The number of hydrogen-bond donors (Lipinski definition) is 2. The monoisotopic (exact) mass is 1090 g/mol. The standard InChI is InChI=1S/C67H117N2O7P/c1-7-10-13-16-19-22-25-28-30-32-33-34-35-37-39-42-45-48-51-54-57-60-67(71)76-65(58-55-52-49-46-43-40-27-24-21-18-15-12-9-3)64(63-75-77(72,73)74-62-61-69(4,5)6)68-66(70)59-56-53-50-47-44-41-38-36-31-29-26-23-20-17-14-11-8-2/h10,13,19-20,22-23,28-31,33-34,37,39,45,48,55,58,64-65H,7-9,11-12,14-18,21,24-27,32,35-36,38,40-44,46-47,49-54,56-57,59-63H2,1-6H3,(H-,68,70,72,73)/p+1/b13-10-,22-19-,23-20-,30-28-,31-29-,34-33-,39-37-,48-45-,58-55+. The molecule has 3 unspecified atom stereocenters. The Balaban J connectivity index is 5.39. The summed E-state index contributed by atoms with van der Waals surface area (Å²) < 4.78 is 30.7. The summed E-state index contributed by atoms with van der Waals surface area (Å²) in [7, 11) is 1.45. The quantitative estimate of drug-likeness (QED) is 0.0205. The van der Waals surface area contributed by atoms with Crippen LogP contribution in [0.3, 0.4) is 0 Å². The Kier molecular flexibility index (Phi) is 53.5. The predicted molar refractivity (Wildman–Crippen MR) is 332 cm³/mol. The zero-order valence-corrected chi connectivity index (χ0v) is 51.3. The van der Waals surface area contributed by atoms with Gasteiger partial charge in [-0.05, 0) is 115 Å². The molecule has 0 rings (SSSR count). The number of nitrogens with one attached hydrogen (secondary N) is 1. The van der Waals surface area contributed by atoms with Crippen molar-refractivity contribution in [3.63, 3.8) is 0 Å². The molecule has 2 N–H and O–H groups in total. The van der Waals surface area contributed by atoms with Crippen molar-refractivity contribution >= 4 is 19.7 Å². The third kappa shape index (κ3) is 57.2. The van der Waals surface area contributed by atoms with Crippen LogP contribution in [0.4, 0.5) is 0 Å². The van der Waals surface area contributed by atoms with Crippen LogP contribution in [0.2, 0.25) is 0 Å². The summed E-state index contributed by atoms with van der Waals surface area (Å²) in [6, 6.07) is -0.878. The zero-order chi connectivity index (χ0) is 56.4. The molecule has 442 valence electrons. The van der Waals surface area contributed by atoms with E-state index in [0.29, 0.717) is 23.9 Å². The molecule has 10 heteroatoms. The van der Waals surface area contributed by atoms with Crippen LogP contribution in [0, 0.1) is 0 Å². The van der Waals surface area contributed by atoms with Crippen molar-refractivity contribution in [2.75, 3.05) is 40.9 Å². The van der Waals surface area contributed by atoms with Gasteiger partial charge in [-0.2, -0.15) is 0 Å². The molecule has 0 saturated heterocycles. The van der Waals surface area contributed by atoms with Gasteiger partial charge in [-0.1, -0.05) is 233 Å². The second-order valence-electron chi connectivity index (χ2n) is 21.8. The maximum atomic E-state index is 13.5. The van der Waals surface area contributed by atoms with Crippen LogP contribution in [0.5, 0.6) is 0 Å². The molecule has 0 bridgehead atoms. The highest BCUT2D eigenvalue weighted by atomic mass is 31.2. The molecular weight excluding hydrogens is 976 g/mol. The van der Waals surface area contributed by atoms with Crippen LogP contribution < -0.4 is 5.32 Å². The lowest BCUT2D eigenvalue weighted by Crippen LogP contribution is -2.47. The molecule has 0 aliphatic carbocycles. The normalized spacial score (nSPS) is 14.4. The van der Waals surface area contributed by atoms with E-state index in [1.807, 2.05) is 33.3 Å². The van der Waals surface area contributed by atoms with Crippen LogP contribution >= 0.6 is 7.82 Å². The lowest BCUT2D eigenvalue weighted by Gasteiger charge is -2.27. The number of carbonyl (C=O) groups is 2. The Morgan fingerprint density at radius 1 is 0.468 bits per heavy atom. The fourth-order valence-electron chi connectivity index (χ4n) is 8.38. The van der Waals surface area contributed by atoms with Gasteiger partial charge < -0.3 is 19.4 Å². The highest BCUT2D eigenvalue weighted by Gasteiger charge is 2.30. The number of allylic oxidation sites excluding steroid dienone is 17. The molecule has 0 heterocycles. The van der Waals surface area contributed by atoms with Gasteiger partial charge in [-0.15, -0.1) is 0 Å². The molecule has 0 aliphatic rings. The highest BCUT2D eigenvalue weighted by molar-refractivity contribution is 7.47. The molecule has 9 nitrogen and oxygen atoms in total. The zero-order valence-electron chi connectivity index (χ0n) is 50.4. The number of unbranched alkanes of at least 4 members (excludes halogenated alkanes) is 23. The summed E-state index contributed by atoms with van der Waals surface area (Å²) in [6.07, 6.45) is 76.5. The van der Waals surface area contributed by atoms with Crippen LogP contribution in [0.25, 0.3) is 0 Å². The van der Waals surface area contributed by atoms with Crippen molar-refractivity contribution in [3.05, 3.63) is 109 Å². The minimum absolute atomic E-state index is 0.0261. The summed E-state index contributed by atoms with van der Waals surface area (Å²) in [5.74, 6) is -0.569. The highest BCUT2D eigenvalue weighted by Crippen LogP contribution is 2.43. The molecule has 0 fully saturated rings. The van der Waals surface area contributed by atoms with Gasteiger partial charge in [-0.3, -0.25) is 18.6 Å². The maximum Gasteiger partial charge on any atom is 0.472 e. The third-order valence-electron chi connectivity index (χ3n) is 13.2. The summed E-state index contributed by atoms with van der Waals surface area (Å²) in [5.41, 5.74) is 0. The van der Waals surface area contributed by atoms with E-state index < -0.39 is 20.0 Å². The summed E-state index contributed by atoms with van der Waals surface area (Å²) in [4.78, 5) is 37.7. The van der Waals surface area contributed by atoms with Gasteiger partial charge in [0.15, 0.2) is 0 Å². The van der Waals surface area contributed by atoms with E-state index >= 15 is 0 Å². The van der Waals surface area contributed by atoms with Crippen molar-refractivity contribution < 1.29 is 37.3 Å². The number of amides is 1. The van der Waals surface area contributed by atoms with E-state index in [2.05, 4.69) is 123 Å². The first-order valence-electron chi connectivity index (χ1n) is 31.2. The second kappa shape index (κ2) is 56.0. The van der Waals surface area contributed by atoms with Gasteiger partial charge in [0, 0.05) is 12.8 Å². The first-order valence-corrected chi connectivity index (χ1v) is 32.7. The number of phosphoric ester groups is 1. The SMILES string of the molecule is CC/C=C\C/C=C\C/C=C\C/C=C\C/C=C\C/C=C\CCCCC(=O)OC(/C=C/CCCCCCCCCCCCC)C(COP(=O)(O)OCC[N+](C)(C)C)NC(=O)CCCCCCCCC/C=C\C/C=C\CCCCC. The molecule has 0 radical (unpaired) electrons. The van der Waals surface area contributed by atoms with Crippen LogP contribution in [0.15, 0.2) is 109 Å². The number of phosphoric acid groups is 1. The van der Waals surface area contributed by atoms with Crippen molar-refractivity contribution in [3.8, 4) is 0 Å². The van der Waals surface area contributed by atoms with Gasteiger partial charge in [-0.25, -0.2) is 4.57 Å². The minimum Gasteiger partial charge on any atom is -0.456 e. The van der Waals surface area contributed by atoms with E-state index in [-0.39, 0.29) is 31.5 Å². The van der Waals surface area contributed by atoms with Crippen LogP contribution in [0.1, 0.15) is 252 Å². The Morgan fingerprint density at radius 3 is 1.29 bits per heavy atom. The molecule has 0 aromatic carbocycles. The summed E-state index contributed by atoms with van der Waals surface area (Å²) in [6.45, 7) is 6.83. The lowest BCUT2D eigenvalue weighted by atomic mass is 10.0. The van der Waals surface area contributed by atoms with Crippen molar-refractivity contribution in [1.82, 2.24) is 5.32 Å². The van der Waals surface area contributed by atoms with E-state index in [0.717, 1.165) is 109 Å². The number of ether oxygens (including phenoxy) is 1. The smallest absolute Gasteiger partial charge is 0.456 e. The molecule has 0 aliphatic heterocycles. The Hall–Kier alpha value is -3.33. The molecule has 0 saturated carbocycles. The van der Waals surface area contributed by atoms with Crippen molar-refractivity contribution in [1.29, 1.82) is 0 Å². The molecule has 77 heavy (non-hydrogen) atoms. The largest absolute Gasteiger partial charge is 0.472 e. The van der Waals surface area contributed by atoms with Gasteiger partial charge in [0.05, 0.1) is 33.8 Å². The number of esters is 1. The van der Waals surface area contributed by atoms with E-state index in [4.69, 9.17) is 13.8 Å². The average Bonchev–Trinajstić information content (AvgIpc) is 3.39. The summed E-state index contributed by atoms with van der Waals surface area (Å²) >= 11 is 0. The van der Waals surface area contributed by atoms with Gasteiger partial charge in [0.2, 0.25) is 5.91 Å². The fourth-order valence-corrected chi connectivity index (χ4v) is 9.12. The number of rotatable bonds is 55. The molecular formula is C67H118N2O7P+. The van der Waals surface area contributed by atoms with Crippen LogP contribution in [-0.4, -0.2) is 74.3 Å². The predicted octanol–water partition coefficient (Wildman–Crippen LogP) is 19.3. The number of carbonyl (C=O) groups excluding carboxylic acids is 2. The third-order valence-corrected chi connectivity index (χ3v) is 14.2. The minimum atomic E-state index is -4.47. The number of quaternary nitrogens is 1. The second-order valence-corrected chi connectivity index (χ2v) is 23.3. The van der Waals surface area contributed by atoms with E-state index in [1.54, 1.807) is 0 Å². The number of nitrogens with zero attached hydrogens (tertiary/aromatic N) is 1. The first-order chi connectivity index (χ1) is 37.4. The molecule has 0 aromatic heterocycles. The molecule has 1 amide bonds. The Morgan fingerprint density at radius 2 is 0.831 bits per heavy atom. The van der Waals surface area contributed by atoms with Gasteiger partial charge in [0.1, 0.15) is 19.3 Å². The molecule has 0 aromatic rings. The Bertz CT molecular complexity index is 1690. The van der Waals surface area contributed by atoms with E-state index in [1.165, 1.54) is 103 Å².